The molecule has 0 fully saturated rings. The number of para-hydroxylation sites is 1. The van der Waals surface area contributed by atoms with Crippen molar-refractivity contribution in [1.82, 2.24) is 20.1 Å². The molecule has 0 aliphatic rings. The summed E-state index contributed by atoms with van der Waals surface area (Å²) in [4.78, 5) is 23.9. The number of aromatic nitrogens is 3. The molecule has 3 aromatic rings. The van der Waals surface area contributed by atoms with Crippen molar-refractivity contribution in [2.45, 2.75) is 12.1 Å². The lowest BCUT2D eigenvalue weighted by Gasteiger charge is -2.08. The highest BCUT2D eigenvalue weighted by Crippen LogP contribution is 2.23. The van der Waals surface area contributed by atoms with Crippen molar-refractivity contribution in [3.63, 3.8) is 0 Å². The van der Waals surface area contributed by atoms with E-state index in [-0.39, 0.29) is 24.1 Å². The van der Waals surface area contributed by atoms with E-state index in [2.05, 4.69) is 20.8 Å². The van der Waals surface area contributed by atoms with Crippen molar-refractivity contribution >= 4 is 40.9 Å². The third kappa shape index (κ3) is 5.34. The molecule has 1 aromatic heterocycles. The van der Waals surface area contributed by atoms with Crippen molar-refractivity contribution in [2.24, 2.45) is 0 Å². The molecule has 9 heteroatoms. The van der Waals surface area contributed by atoms with Crippen molar-refractivity contribution in [3.8, 4) is 5.69 Å². The van der Waals surface area contributed by atoms with Crippen LogP contribution in [0.2, 0.25) is 5.02 Å². The van der Waals surface area contributed by atoms with Gasteiger partial charge in [0.25, 0.3) is 0 Å². The largest absolute Gasteiger partial charge is 0.346 e. The van der Waals surface area contributed by atoms with Crippen LogP contribution in [0, 0.1) is 6.92 Å². The molecule has 1 heterocycles. The van der Waals surface area contributed by atoms with Crippen LogP contribution < -0.4 is 10.6 Å². The molecule has 0 radical (unpaired) electrons. The molecule has 2 amide bonds. The lowest BCUT2D eigenvalue weighted by atomic mass is 10.2. The topological polar surface area (TPSA) is 88.9 Å². The van der Waals surface area contributed by atoms with Crippen LogP contribution in [-0.2, 0) is 9.59 Å². The number of benzene rings is 2. The first-order valence-corrected chi connectivity index (χ1v) is 9.80. The first-order valence-electron chi connectivity index (χ1n) is 8.44. The number of hydrogen-bond donors (Lipinski definition) is 2. The highest BCUT2D eigenvalue weighted by Gasteiger charge is 2.12. The summed E-state index contributed by atoms with van der Waals surface area (Å²) in [6.07, 6.45) is 1.56. The minimum atomic E-state index is -0.290. The minimum Gasteiger partial charge on any atom is -0.346 e. The summed E-state index contributed by atoms with van der Waals surface area (Å²) in [6, 6.07) is 14.7. The summed E-state index contributed by atoms with van der Waals surface area (Å²) in [5.41, 5.74) is 2.47. The molecular formula is C19H18ClN5O2S. The van der Waals surface area contributed by atoms with Gasteiger partial charge in [0.05, 0.1) is 18.0 Å². The molecule has 0 spiro atoms. The van der Waals surface area contributed by atoms with E-state index >= 15 is 0 Å². The number of hydrogen-bond acceptors (Lipinski definition) is 5. The van der Waals surface area contributed by atoms with E-state index in [1.807, 2.05) is 43.3 Å². The SMILES string of the molecule is Cc1ccc(-n2cnnc2SCC(=O)NCC(=O)Nc2ccccc2)cc1Cl. The van der Waals surface area contributed by atoms with E-state index in [0.717, 1.165) is 11.3 Å². The van der Waals surface area contributed by atoms with E-state index < -0.39 is 0 Å². The van der Waals surface area contributed by atoms with Crippen LogP contribution in [0.15, 0.2) is 60.0 Å². The zero-order valence-corrected chi connectivity index (χ0v) is 16.6. The van der Waals surface area contributed by atoms with Gasteiger partial charge in [0.1, 0.15) is 6.33 Å². The number of carbonyl (C=O) groups excluding carboxylic acids is 2. The first kappa shape index (κ1) is 19.9. The van der Waals surface area contributed by atoms with Crippen LogP contribution in [0.3, 0.4) is 0 Å². The summed E-state index contributed by atoms with van der Waals surface area (Å²) in [5.74, 6) is -0.455. The Morgan fingerprint density at radius 3 is 2.68 bits per heavy atom. The lowest BCUT2D eigenvalue weighted by Crippen LogP contribution is -2.33. The van der Waals surface area contributed by atoms with Gasteiger partial charge in [0, 0.05) is 10.7 Å². The van der Waals surface area contributed by atoms with Crippen LogP contribution in [0.5, 0.6) is 0 Å². The highest BCUT2D eigenvalue weighted by molar-refractivity contribution is 7.99. The number of carbonyl (C=O) groups is 2. The fourth-order valence-corrected chi connectivity index (χ4v) is 3.25. The number of aryl methyl sites for hydroxylation is 1. The molecule has 7 nitrogen and oxygen atoms in total. The average molecular weight is 416 g/mol. The molecule has 2 aromatic carbocycles. The van der Waals surface area contributed by atoms with E-state index in [9.17, 15) is 9.59 Å². The second-order valence-corrected chi connectivity index (χ2v) is 7.25. The Labute approximate surface area is 171 Å². The Morgan fingerprint density at radius 2 is 1.93 bits per heavy atom. The van der Waals surface area contributed by atoms with Crippen LogP contribution in [0.1, 0.15) is 5.56 Å². The van der Waals surface area contributed by atoms with Crippen LogP contribution in [0.25, 0.3) is 5.69 Å². The third-order valence-corrected chi connectivity index (χ3v) is 5.14. The van der Waals surface area contributed by atoms with Gasteiger partial charge in [-0.15, -0.1) is 10.2 Å². The molecule has 144 valence electrons. The van der Waals surface area contributed by atoms with Gasteiger partial charge in [-0.05, 0) is 36.8 Å². The molecule has 28 heavy (non-hydrogen) atoms. The molecule has 2 N–H and O–H groups in total. The zero-order chi connectivity index (χ0) is 19.9. The van der Waals surface area contributed by atoms with Gasteiger partial charge in [0.2, 0.25) is 11.8 Å². The molecule has 3 rings (SSSR count). The minimum absolute atomic E-state index is 0.103. The van der Waals surface area contributed by atoms with Gasteiger partial charge in [0.15, 0.2) is 5.16 Å². The fraction of sp³-hybridized carbons (Fsp3) is 0.158. The Morgan fingerprint density at radius 1 is 1.14 bits per heavy atom. The smallest absolute Gasteiger partial charge is 0.243 e. The summed E-state index contributed by atoms with van der Waals surface area (Å²) in [6.45, 7) is 1.82. The molecular weight excluding hydrogens is 398 g/mol. The van der Waals surface area contributed by atoms with E-state index in [1.165, 1.54) is 11.8 Å². The van der Waals surface area contributed by atoms with Gasteiger partial charge in [-0.2, -0.15) is 0 Å². The molecule has 0 aliphatic heterocycles. The molecule has 0 saturated heterocycles. The van der Waals surface area contributed by atoms with Crippen LogP contribution in [0.4, 0.5) is 5.69 Å². The molecule has 0 saturated carbocycles. The van der Waals surface area contributed by atoms with Crippen LogP contribution in [-0.4, -0.2) is 38.9 Å². The predicted molar refractivity (Wildman–Crippen MR) is 110 cm³/mol. The monoisotopic (exact) mass is 415 g/mol. The maximum Gasteiger partial charge on any atom is 0.243 e. The Kier molecular flexibility index (Phi) is 6.67. The Hall–Kier alpha value is -2.84. The summed E-state index contributed by atoms with van der Waals surface area (Å²) >= 11 is 7.40. The number of nitrogens with one attached hydrogen (secondary N) is 2. The molecule has 0 aliphatic carbocycles. The second kappa shape index (κ2) is 9.38. The number of amides is 2. The van der Waals surface area contributed by atoms with Crippen molar-refractivity contribution in [3.05, 3.63) is 65.4 Å². The normalized spacial score (nSPS) is 10.5. The fourth-order valence-electron chi connectivity index (χ4n) is 2.32. The van der Waals surface area contributed by atoms with E-state index in [0.29, 0.717) is 15.9 Å². The molecule has 0 unspecified atom stereocenters. The molecule has 0 atom stereocenters. The number of anilines is 1. The zero-order valence-electron chi connectivity index (χ0n) is 15.1. The summed E-state index contributed by atoms with van der Waals surface area (Å²) < 4.78 is 1.76. The third-order valence-electron chi connectivity index (χ3n) is 3.79. The number of thioether (sulfide) groups is 1. The number of nitrogens with zero attached hydrogens (tertiary/aromatic N) is 3. The second-order valence-electron chi connectivity index (χ2n) is 5.90. The summed E-state index contributed by atoms with van der Waals surface area (Å²) in [5, 5.41) is 14.4. The standard InChI is InChI=1S/C19H18ClN5O2S/c1-13-7-8-15(9-16(13)20)25-12-22-24-19(25)28-11-18(27)21-10-17(26)23-14-5-3-2-4-6-14/h2-9,12H,10-11H2,1H3,(H,21,27)(H,23,26). The van der Waals surface area contributed by atoms with Gasteiger partial charge in [-0.3, -0.25) is 14.2 Å². The van der Waals surface area contributed by atoms with Crippen LogP contribution >= 0.6 is 23.4 Å². The average Bonchev–Trinajstić information content (AvgIpc) is 3.16. The van der Waals surface area contributed by atoms with Gasteiger partial charge < -0.3 is 10.6 Å². The van der Waals surface area contributed by atoms with Crippen molar-refractivity contribution in [2.75, 3.05) is 17.6 Å². The Balaban J connectivity index is 1.51. The number of halogens is 1. The van der Waals surface area contributed by atoms with E-state index in [4.69, 9.17) is 11.6 Å². The van der Waals surface area contributed by atoms with Gasteiger partial charge >= 0.3 is 0 Å². The quantitative estimate of drug-likeness (QED) is 0.579. The number of rotatable bonds is 7. The Bertz CT molecular complexity index is 977. The predicted octanol–water partition coefficient (Wildman–Crippen LogP) is 3.08. The first-order chi connectivity index (χ1) is 13.5. The maximum atomic E-state index is 12.1. The van der Waals surface area contributed by atoms with Gasteiger partial charge in [-0.25, -0.2) is 0 Å². The van der Waals surface area contributed by atoms with E-state index in [1.54, 1.807) is 23.0 Å². The summed E-state index contributed by atoms with van der Waals surface area (Å²) in [7, 11) is 0. The van der Waals surface area contributed by atoms with Crippen molar-refractivity contribution in [1.29, 1.82) is 0 Å². The molecule has 0 bridgehead atoms. The van der Waals surface area contributed by atoms with Crippen molar-refractivity contribution < 1.29 is 9.59 Å². The highest BCUT2D eigenvalue weighted by atomic mass is 35.5. The lowest BCUT2D eigenvalue weighted by molar-refractivity contribution is -0.122. The maximum absolute atomic E-state index is 12.1. The van der Waals surface area contributed by atoms with Gasteiger partial charge in [-0.1, -0.05) is 47.6 Å².